The summed E-state index contributed by atoms with van der Waals surface area (Å²) < 4.78 is 85.8. The number of nitrogens with zero attached hydrogens (tertiary/aromatic N) is 1. The van der Waals surface area contributed by atoms with E-state index in [1.807, 2.05) is 0 Å². The summed E-state index contributed by atoms with van der Waals surface area (Å²) in [4.78, 5) is 1.06. The Bertz CT molecular complexity index is 776. The van der Waals surface area contributed by atoms with E-state index in [1.165, 1.54) is 14.1 Å². The van der Waals surface area contributed by atoms with Crippen molar-refractivity contribution in [1.82, 2.24) is 4.90 Å². The lowest BCUT2D eigenvalue weighted by atomic mass is 9.72. The molecule has 1 atom stereocenters. The lowest BCUT2D eigenvalue weighted by Gasteiger charge is -2.40. The largest absolute Gasteiger partial charge is 0.497 e. The zero-order valence-corrected chi connectivity index (χ0v) is 11.8. The summed E-state index contributed by atoms with van der Waals surface area (Å²) in [5.74, 6) is -3.40. The van der Waals surface area contributed by atoms with Gasteiger partial charge in [0.05, 0.1) is 22.2 Å². The van der Waals surface area contributed by atoms with Crippen LogP contribution < -0.4 is 4.74 Å². The average Bonchev–Trinajstić information content (AvgIpc) is 2.63. The Kier molecular flexibility index (Phi) is 2.24. The summed E-state index contributed by atoms with van der Waals surface area (Å²) >= 11 is 0. The number of hydrogen-bond donors (Lipinski definition) is 1. The maximum atomic E-state index is 11.5. The van der Waals surface area contributed by atoms with E-state index in [2.05, 4.69) is 4.74 Å². The fraction of sp³-hybridized carbons (Fsp3) is 0.647. The molecule has 0 amide bonds. The van der Waals surface area contributed by atoms with Gasteiger partial charge in [-0.05, 0) is 44.6 Å². The highest BCUT2D eigenvalue weighted by Crippen LogP contribution is 2.40. The number of ether oxygens (including phenoxy) is 1. The smallest absolute Gasteiger partial charge is 0.118 e. The topological polar surface area (TPSA) is 32.7 Å². The third-order valence-electron chi connectivity index (χ3n) is 3.44. The first-order valence-corrected chi connectivity index (χ1v) is 6.71. The van der Waals surface area contributed by atoms with Gasteiger partial charge < -0.3 is 14.7 Å². The molecule has 0 bridgehead atoms. The molecule has 1 aromatic carbocycles. The second kappa shape index (κ2) is 6.59. The number of aliphatic hydroxyl groups is 1. The van der Waals surface area contributed by atoms with Crippen LogP contribution in [0.2, 0.25) is 0 Å². The van der Waals surface area contributed by atoms with Gasteiger partial charge in [0.15, 0.2) is 0 Å². The number of likely N-dealkylation sites (N-methyl/N-ethyl adjacent to an activating group) is 1. The molecule has 1 aliphatic rings. The summed E-state index contributed by atoms with van der Waals surface area (Å²) in [6.45, 7) is -2.59. The number of benzene rings is 1. The van der Waals surface area contributed by atoms with Gasteiger partial charge in [0.1, 0.15) is 5.75 Å². The van der Waals surface area contributed by atoms with Gasteiger partial charge in [-0.15, -0.1) is 0 Å². The van der Waals surface area contributed by atoms with E-state index < -0.39 is 60.5 Å². The van der Waals surface area contributed by atoms with Crippen LogP contribution >= 0.6 is 0 Å². The molecular weight excluding hydrogens is 250 g/mol. The Balaban J connectivity index is 2.90. The number of hydrogen-bond acceptors (Lipinski definition) is 3. The Labute approximate surface area is 136 Å². The van der Waals surface area contributed by atoms with Crippen molar-refractivity contribution in [2.24, 2.45) is 0 Å². The van der Waals surface area contributed by atoms with Gasteiger partial charge >= 0.3 is 0 Å². The molecule has 1 aromatic rings. The molecule has 1 saturated carbocycles. The summed E-state index contributed by atoms with van der Waals surface area (Å²) in [6, 6.07) is -3.30. The molecule has 0 saturated heterocycles. The first-order chi connectivity index (χ1) is 13.5. The lowest BCUT2D eigenvalue weighted by Crippen LogP contribution is -2.42. The maximum absolute atomic E-state index is 11.5. The fourth-order valence-corrected chi connectivity index (χ4v) is 2.48. The molecule has 112 valence electrons. The van der Waals surface area contributed by atoms with Gasteiger partial charge in [-0.25, -0.2) is 0 Å². The second-order valence-corrected chi connectivity index (χ2v) is 5.28. The molecule has 0 spiro atoms. The zero-order valence-electron chi connectivity index (χ0n) is 21.8. The monoisotopic (exact) mass is 287 g/mol. The first-order valence-electron chi connectivity index (χ1n) is 11.7. The standard InChI is InChI=1S/C17H27NO2/c1-18(2)13-16(17(19)11-5-4-6-12-17)14-7-9-15(20-3)10-8-14/h7-10,16,19H,4-6,11-13H2,1-3H3/i3D3,7D,8D,9D,10D,13D2,16D. The van der Waals surface area contributed by atoms with E-state index in [9.17, 15) is 6.48 Å². The van der Waals surface area contributed by atoms with Crippen LogP contribution in [0.15, 0.2) is 24.2 Å². The summed E-state index contributed by atoms with van der Waals surface area (Å²) in [5.41, 5.74) is -2.59. The first kappa shape index (κ1) is 6.80. The third kappa shape index (κ3) is 3.53. The fourth-order valence-electron chi connectivity index (χ4n) is 2.48. The Morgan fingerprint density at radius 3 is 2.60 bits per heavy atom. The molecule has 0 heterocycles. The number of methoxy groups -OCH3 is 1. The molecule has 1 fully saturated rings. The van der Waals surface area contributed by atoms with Gasteiger partial charge in [0.25, 0.3) is 0 Å². The van der Waals surface area contributed by atoms with Crippen molar-refractivity contribution < 1.29 is 23.6 Å². The number of rotatable bonds is 5. The predicted molar refractivity (Wildman–Crippen MR) is 82.3 cm³/mol. The van der Waals surface area contributed by atoms with Crippen molar-refractivity contribution in [2.45, 2.75) is 43.6 Å². The van der Waals surface area contributed by atoms with Crippen LogP contribution in [0, 0.1) is 0 Å². The Morgan fingerprint density at radius 1 is 1.40 bits per heavy atom. The molecule has 0 aliphatic heterocycles. The zero-order chi connectivity index (χ0) is 23.3. The van der Waals surface area contributed by atoms with Crippen molar-refractivity contribution in [2.75, 3.05) is 27.6 Å². The predicted octanol–water partition coefficient (Wildman–Crippen LogP) is 3.04. The highest BCUT2D eigenvalue weighted by atomic mass is 16.5. The van der Waals surface area contributed by atoms with Gasteiger partial charge in [-0.1, -0.05) is 31.3 Å². The highest BCUT2D eigenvalue weighted by Gasteiger charge is 2.38. The third-order valence-corrected chi connectivity index (χ3v) is 3.44. The van der Waals surface area contributed by atoms with E-state index in [4.69, 9.17) is 12.3 Å². The minimum atomic E-state index is -3.02. The van der Waals surface area contributed by atoms with Gasteiger partial charge in [0, 0.05) is 16.5 Å². The molecule has 2 rings (SSSR count). The van der Waals surface area contributed by atoms with Crippen molar-refractivity contribution in [3.05, 3.63) is 29.7 Å². The molecule has 0 radical (unpaired) electrons. The van der Waals surface area contributed by atoms with Crippen molar-refractivity contribution >= 4 is 0 Å². The molecule has 3 heteroatoms. The highest BCUT2D eigenvalue weighted by molar-refractivity contribution is 5.31. The van der Waals surface area contributed by atoms with Crippen LogP contribution in [0.3, 0.4) is 0 Å². The van der Waals surface area contributed by atoms with Crippen LogP contribution in [0.5, 0.6) is 5.75 Å². The molecule has 3 nitrogen and oxygen atoms in total. The molecule has 1 unspecified atom stereocenters. The summed E-state index contributed by atoms with van der Waals surface area (Å²) in [5, 5.41) is 11.5. The quantitative estimate of drug-likeness (QED) is 0.903. The molecular formula is C17H27NO2. The van der Waals surface area contributed by atoms with Crippen LogP contribution in [-0.4, -0.2) is 43.2 Å². The molecule has 20 heavy (non-hydrogen) atoms. The minimum absolute atomic E-state index is 0.0525. The van der Waals surface area contributed by atoms with Crippen LogP contribution in [-0.2, 0) is 0 Å². The van der Waals surface area contributed by atoms with E-state index in [0.29, 0.717) is 12.8 Å². The van der Waals surface area contributed by atoms with Crippen LogP contribution in [0.25, 0.3) is 0 Å². The average molecular weight is 287 g/mol. The van der Waals surface area contributed by atoms with Gasteiger partial charge in [0.2, 0.25) is 0 Å². The lowest BCUT2D eigenvalue weighted by molar-refractivity contribution is -0.0277. The molecule has 0 aromatic heterocycles. The van der Waals surface area contributed by atoms with Crippen molar-refractivity contribution in [3.63, 3.8) is 0 Å². The Hall–Kier alpha value is -1.06. The SMILES string of the molecule is [2H]c1c([2H])c(C([2H])(C2(O)CCCCC2)C([2H])([2H])N(C)C)c([2H])c([2H])c1OC([2H])([2H])[2H]. The normalized spacial score (nSPS) is 30.0. The Morgan fingerprint density at radius 2 is 2.05 bits per heavy atom. The van der Waals surface area contributed by atoms with Crippen LogP contribution in [0.4, 0.5) is 0 Å². The second-order valence-electron chi connectivity index (χ2n) is 5.28. The van der Waals surface area contributed by atoms with Gasteiger partial charge in [-0.2, -0.15) is 0 Å². The summed E-state index contributed by atoms with van der Waals surface area (Å²) in [7, 11) is -0.306. The minimum Gasteiger partial charge on any atom is -0.497 e. The maximum Gasteiger partial charge on any atom is 0.118 e. The van der Waals surface area contributed by atoms with E-state index in [-0.39, 0.29) is 12.8 Å². The van der Waals surface area contributed by atoms with Crippen molar-refractivity contribution in [1.29, 1.82) is 0 Å². The van der Waals surface area contributed by atoms with E-state index in [1.54, 1.807) is 0 Å². The van der Waals surface area contributed by atoms with Crippen LogP contribution in [0.1, 0.15) is 57.3 Å². The molecule has 1 aliphatic carbocycles. The van der Waals surface area contributed by atoms with E-state index >= 15 is 0 Å². The molecule has 1 N–H and O–H groups in total. The summed E-state index contributed by atoms with van der Waals surface area (Å²) in [6.07, 6.45) is 1.92. The van der Waals surface area contributed by atoms with Gasteiger partial charge in [-0.3, -0.25) is 0 Å². The van der Waals surface area contributed by atoms with E-state index in [0.717, 1.165) is 11.3 Å². The van der Waals surface area contributed by atoms with Crippen molar-refractivity contribution in [3.8, 4) is 5.75 Å².